The Morgan fingerprint density at radius 3 is 2.72 bits per heavy atom. The first kappa shape index (κ1) is 14.4. The summed E-state index contributed by atoms with van der Waals surface area (Å²) in [5.74, 6) is -1.15. The van der Waals surface area contributed by atoms with E-state index in [0.29, 0.717) is 0 Å². The first-order valence-corrected chi connectivity index (χ1v) is 6.68. The molecule has 1 heterocycles. The largest absolute Gasteiger partial charge is 0.480 e. The number of terminal acetylenes is 1. The maximum absolute atomic E-state index is 12.5. The van der Waals surface area contributed by atoms with Crippen LogP contribution in [-0.4, -0.2) is 48.6 Å². The van der Waals surface area contributed by atoms with Crippen LogP contribution in [0.3, 0.4) is 0 Å². The van der Waals surface area contributed by atoms with Crippen molar-refractivity contribution < 1.29 is 27.0 Å². The van der Waals surface area contributed by atoms with Crippen LogP contribution in [-0.2, 0) is 19.8 Å². The Morgan fingerprint density at radius 2 is 2.28 bits per heavy atom. The third-order valence-electron chi connectivity index (χ3n) is 2.65. The number of rotatable bonds is 5. The molecule has 0 radical (unpaired) electrons. The molecule has 2 atom stereocenters. The Bertz CT molecular complexity index is 495. The minimum absolute atomic E-state index is 0.110. The molecule has 1 aliphatic heterocycles. The molecular weight excluding hydrogens is 265 g/mol. The van der Waals surface area contributed by atoms with E-state index in [0.717, 1.165) is 4.90 Å². The van der Waals surface area contributed by atoms with Crippen LogP contribution < -0.4 is 0 Å². The molecular formula is C10H12FNO5S. The van der Waals surface area contributed by atoms with Crippen molar-refractivity contribution >= 4 is 22.1 Å². The highest BCUT2D eigenvalue weighted by Crippen LogP contribution is 2.23. The van der Waals surface area contributed by atoms with Gasteiger partial charge in [0.05, 0.1) is 5.75 Å². The van der Waals surface area contributed by atoms with Crippen LogP contribution >= 0.6 is 0 Å². The molecule has 1 amide bonds. The molecule has 0 aromatic carbocycles. The van der Waals surface area contributed by atoms with Gasteiger partial charge in [0.15, 0.2) is 0 Å². The predicted molar refractivity (Wildman–Crippen MR) is 59.6 cm³/mol. The van der Waals surface area contributed by atoms with Crippen molar-refractivity contribution in [2.45, 2.75) is 18.9 Å². The Labute approximate surface area is 104 Å². The van der Waals surface area contributed by atoms with E-state index in [1.807, 2.05) is 0 Å². The van der Waals surface area contributed by atoms with E-state index >= 15 is 0 Å². The number of carbonyl (C=O) groups excluding carboxylic acids is 1. The van der Waals surface area contributed by atoms with Crippen molar-refractivity contribution in [3.05, 3.63) is 0 Å². The second-order valence-electron chi connectivity index (χ2n) is 4.08. The number of nitrogens with zero attached hydrogens (tertiary/aromatic N) is 1. The Kier molecular flexibility index (Phi) is 4.29. The number of likely N-dealkylation sites (tertiary alicyclic amines) is 1. The van der Waals surface area contributed by atoms with Crippen molar-refractivity contribution in [3.63, 3.8) is 0 Å². The van der Waals surface area contributed by atoms with E-state index in [1.54, 1.807) is 0 Å². The highest BCUT2D eigenvalue weighted by atomic mass is 32.3. The minimum Gasteiger partial charge on any atom is -0.480 e. The van der Waals surface area contributed by atoms with Gasteiger partial charge in [-0.15, -0.1) is 16.2 Å². The lowest BCUT2D eigenvalue weighted by Crippen LogP contribution is -2.42. The lowest BCUT2D eigenvalue weighted by atomic mass is 10.1. The standard InChI is InChI=1S/C10H12FNO5S/c1-2-3-8(10(14)15)12-5-7(4-9(12)13)6-18(11,16)17/h1,7-8H,3-6H2,(H,14,15)/t7?,8-/m0/s1. The average Bonchev–Trinajstić information content (AvgIpc) is 2.52. The summed E-state index contributed by atoms with van der Waals surface area (Å²) in [6.07, 6.45) is 4.66. The molecule has 1 rings (SSSR count). The van der Waals surface area contributed by atoms with Crippen LogP contribution in [0.25, 0.3) is 0 Å². The van der Waals surface area contributed by atoms with Gasteiger partial charge in [0.1, 0.15) is 6.04 Å². The van der Waals surface area contributed by atoms with E-state index in [9.17, 15) is 21.9 Å². The van der Waals surface area contributed by atoms with Gasteiger partial charge >= 0.3 is 16.2 Å². The predicted octanol–water partition coefficient (Wildman–Crippen LogP) is -0.389. The topological polar surface area (TPSA) is 91.8 Å². The van der Waals surface area contributed by atoms with Crippen molar-refractivity contribution in [1.82, 2.24) is 4.90 Å². The number of aliphatic carboxylic acids is 1. The van der Waals surface area contributed by atoms with E-state index in [1.165, 1.54) is 0 Å². The van der Waals surface area contributed by atoms with Gasteiger partial charge in [-0.25, -0.2) is 4.79 Å². The van der Waals surface area contributed by atoms with Gasteiger partial charge in [-0.2, -0.15) is 8.42 Å². The third kappa shape index (κ3) is 3.70. The molecule has 0 spiro atoms. The lowest BCUT2D eigenvalue weighted by molar-refractivity contribution is -0.148. The van der Waals surface area contributed by atoms with E-state index < -0.39 is 39.8 Å². The molecule has 1 fully saturated rings. The molecule has 1 saturated heterocycles. The normalized spacial score (nSPS) is 21.7. The van der Waals surface area contributed by atoms with Crippen LogP contribution in [0, 0.1) is 18.3 Å². The Morgan fingerprint density at radius 1 is 1.67 bits per heavy atom. The fourth-order valence-electron chi connectivity index (χ4n) is 1.95. The fraction of sp³-hybridized carbons (Fsp3) is 0.600. The summed E-state index contributed by atoms with van der Waals surface area (Å²) in [4.78, 5) is 23.5. The van der Waals surface area contributed by atoms with Gasteiger partial charge in [0.25, 0.3) is 0 Å². The molecule has 0 aromatic rings. The summed E-state index contributed by atoms with van der Waals surface area (Å²) in [5, 5.41) is 8.92. The number of hydrogen-bond acceptors (Lipinski definition) is 4. The molecule has 1 N–H and O–H groups in total. The molecule has 0 saturated carbocycles. The molecule has 1 aliphatic rings. The molecule has 0 bridgehead atoms. The van der Waals surface area contributed by atoms with Crippen LogP contribution in [0.2, 0.25) is 0 Å². The molecule has 8 heteroatoms. The van der Waals surface area contributed by atoms with Gasteiger partial charge in [-0.05, 0) is 0 Å². The van der Waals surface area contributed by atoms with Crippen LogP contribution in [0.4, 0.5) is 3.89 Å². The second kappa shape index (κ2) is 5.35. The minimum atomic E-state index is -4.68. The lowest BCUT2D eigenvalue weighted by Gasteiger charge is -2.22. The number of halogens is 1. The Hall–Kier alpha value is -1.62. The van der Waals surface area contributed by atoms with Gasteiger partial charge in [-0.3, -0.25) is 4.79 Å². The van der Waals surface area contributed by atoms with Gasteiger partial charge < -0.3 is 10.0 Å². The average molecular weight is 277 g/mol. The number of amides is 1. The van der Waals surface area contributed by atoms with Gasteiger partial charge in [0.2, 0.25) is 5.91 Å². The van der Waals surface area contributed by atoms with E-state index in [4.69, 9.17) is 11.5 Å². The third-order valence-corrected chi connectivity index (χ3v) is 3.52. The Balaban J connectivity index is 2.78. The van der Waals surface area contributed by atoms with Crippen LogP contribution in [0.5, 0.6) is 0 Å². The number of carboxylic acid groups (broad SMARTS) is 1. The molecule has 0 aromatic heterocycles. The first-order chi connectivity index (χ1) is 8.24. The molecule has 100 valence electrons. The number of carbonyl (C=O) groups is 2. The summed E-state index contributed by atoms with van der Waals surface area (Å²) in [5.41, 5.74) is 0. The zero-order valence-corrected chi connectivity index (χ0v) is 10.2. The zero-order chi connectivity index (χ0) is 13.9. The van der Waals surface area contributed by atoms with Crippen LogP contribution in [0.1, 0.15) is 12.8 Å². The smallest absolute Gasteiger partial charge is 0.327 e. The summed E-state index contributed by atoms with van der Waals surface area (Å²) in [6, 6.07) is -1.19. The SMILES string of the molecule is C#CC[C@@H](C(=O)O)N1CC(CS(=O)(=O)F)CC1=O. The zero-order valence-electron chi connectivity index (χ0n) is 9.37. The fourth-order valence-corrected chi connectivity index (χ4v) is 2.73. The molecule has 18 heavy (non-hydrogen) atoms. The molecule has 6 nitrogen and oxygen atoms in total. The molecule has 1 unspecified atom stereocenters. The quantitative estimate of drug-likeness (QED) is 0.546. The van der Waals surface area contributed by atoms with E-state index in [2.05, 4.69) is 5.92 Å². The molecule has 0 aliphatic carbocycles. The van der Waals surface area contributed by atoms with Crippen molar-refractivity contribution in [3.8, 4) is 12.3 Å². The van der Waals surface area contributed by atoms with Crippen molar-refractivity contribution in [1.29, 1.82) is 0 Å². The first-order valence-electron chi connectivity index (χ1n) is 5.12. The number of hydrogen-bond donors (Lipinski definition) is 1. The van der Waals surface area contributed by atoms with Gasteiger partial charge in [-0.1, -0.05) is 0 Å². The highest BCUT2D eigenvalue weighted by molar-refractivity contribution is 7.86. The van der Waals surface area contributed by atoms with E-state index in [-0.39, 0.29) is 19.4 Å². The second-order valence-corrected chi connectivity index (χ2v) is 5.50. The maximum atomic E-state index is 12.5. The number of carboxylic acids is 1. The summed E-state index contributed by atoms with van der Waals surface area (Å²) in [7, 11) is -4.68. The van der Waals surface area contributed by atoms with Gasteiger partial charge in [0, 0.05) is 25.3 Å². The summed E-state index contributed by atoms with van der Waals surface area (Å²) in [6.45, 7) is -0.110. The summed E-state index contributed by atoms with van der Waals surface area (Å²) >= 11 is 0. The van der Waals surface area contributed by atoms with Crippen molar-refractivity contribution in [2.24, 2.45) is 5.92 Å². The monoisotopic (exact) mass is 277 g/mol. The summed E-state index contributed by atoms with van der Waals surface area (Å²) < 4.78 is 33.5. The van der Waals surface area contributed by atoms with Crippen molar-refractivity contribution in [2.75, 3.05) is 12.3 Å². The van der Waals surface area contributed by atoms with Crippen LogP contribution in [0.15, 0.2) is 0 Å². The maximum Gasteiger partial charge on any atom is 0.327 e. The highest BCUT2D eigenvalue weighted by Gasteiger charge is 2.38.